The molecular formula is C23H25FN4O3S. The highest BCUT2D eigenvalue weighted by molar-refractivity contribution is 7.99. The molecule has 0 bridgehead atoms. The highest BCUT2D eigenvalue weighted by Crippen LogP contribution is 2.41. The van der Waals surface area contributed by atoms with Crippen molar-refractivity contribution >= 4 is 17.7 Å². The lowest BCUT2D eigenvalue weighted by Crippen LogP contribution is -2.28. The Labute approximate surface area is 190 Å². The Morgan fingerprint density at radius 2 is 2.00 bits per heavy atom. The fraction of sp³-hybridized carbons (Fsp3) is 0.348. The summed E-state index contributed by atoms with van der Waals surface area (Å²) in [5, 5.41) is 12.1. The van der Waals surface area contributed by atoms with E-state index in [0.717, 1.165) is 18.4 Å². The fourth-order valence-corrected chi connectivity index (χ4v) is 4.35. The summed E-state index contributed by atoms with van der Waals surface area (Å²) in [7, 11) is 3.19. The van der Waals surface area contributed by atoms with Crippen LogP contribution in [0.4, 0.5) is 4.39 Å². The third kappa shape index (κ3) is 4.72. The second-order valence-corrected chi connectivity index (χ2v) is 8.52. The topological polar surface area (TPSA) is 78.3 Å². The minimum absolute atomic E-state index is 0.148. The van der Waals surface area contributed by atoms with Crippen LogP contribution in [-0.4, -0.2) is 40.6 Å². The van der Waals surface area contributed by atoms with E-state index in [1.807, 2.05) is 29.7 Å². The van der Waals surface area contributed by atoms with Crippen LogP contribution in [0, 0.1) is 5.82 Å². The third-order valence-electron chi connectivity index (χ3n) is 5.30. The molecule has 168 valence electrons. The van der Waals surface area contributed by atoms with Crippen LogP contribution in [-0.2, 0) is 4.79 Å². The molecule has 1 N–H and O–H groups in total. The summed E-state index contributed by atoms with van der Waals surface area (Å²) in [5.41, 5.74) is 1.25. The maximum atomic E-state index is 14.3. The Morgan fingerprint density at radius 1 is 1.22 bits per heavy atom. The van der Waals surface area contributed by atoms with Crippen molar-refractivity contribution in [3.8, 4) is 22.9 Å². The maximum absolute atomic E-state index is 14.3. The minimum Gasteiger partial charge on any atom is -0.497 e. The molecule has 0 spiro atoms. The molecule has 1 atom stereocenters. The Morgan fingerprint density at radius 3 is 2.69 bits per heavy atom. The SMILES string of the molecule is COc1ccc(OC)c(C(C)NC(=O)CSc2nnc(-c3ccccc3F)n2C2CC2)c1. The van der Waals surface area contributed by atoms with Crippen molar-refractivity contribution in [1.29, 1.82) is 0 Å². The molecular weight excluding hydrogens is 431 g/mol. The minimum atomic E-state index is -0.336. The summed E-state index contributed by atoms with van der Waals surface area (Å²) < 4.78 is 27.0. The van der Waals surface area contributed by atoms with Crippen LogP contribution in [0.25, 0.3) is 11.4 Å². The van der Waals surface area contributed by atoms with Gasteiger partial charge in [-0.3, -0.25) is 9.36 Å². The van der Waals surface area contributed by atoms with Gasteiger partial charge in [0.1, 0.15) is 17.3 Å². The molecule has 3 aromatic rings. The summed E-state index contributed by atoms with van der Waals surface area (Å²) in [6.45, 7) is 1.89. The highest BCUT2D eigenvalue weighted by atomic mass is 32.2. The quantitative estimate of drug-likeness (QED) is 0.481. The number of carbonyl (C=O) groups is 1. The summed E-state index contributed by atoms with van der Waals surface area (Å²) in [5.74, 6) is 1.55. The third-order valence-corrected chi connectivity index (χ3v) is 6.25. The van der Waals surface area contributed by atoms with Crippen LogP contribution >= 0.6 is 11.8 Å². The zero-order chi connectivity index (χ0) is 22.7. The van der Waals surface area contributed by atoms with Crippen LogP contribution in [0.2, 0.25) is 0 Å². The number of thioether (sulfide) groups is 1. The Hall–Kier alpha value is -3.07. The van der Waals surface area contributed by atoms with Gasteiger partial charge in [-0.1, -0.05) is 23.9 Å². The molecule has 1 aliphatic rings. The normalized spacial score (nSPS) is 14.1. The molecule has 1 aliphatic carbocycles. The van der Waals surface area contributed by atoms with Gasteiger partial charge in [0.05, 0.1) is 31.6 Å². The van der Waals surface area contributed by atoms with Crippen molar-refractivity contribution in [2.24, 2.45) is 0 Å². The molecule has 1 fully saturated rings. The molecule has 1 saturated carbocycles. The smallest absolute Gasteiger partial charge is 0.230 e. The van der Waals surface area contributed by atoms with Crippen molar-refractivity contribution in [3.63, 3.8) is 0 Å². The van der Waals surface area contributed by atoms with Crippen molar-refractivity contribution in [1.82, 2.24) is 20.1 Å². The highest BCUT2D eigenvalue weighted by Gasteiger charge is 2.31. The molecule has 4 rings (SSSR count). The first-order chi connectivity index (χ1) is 15.5. The van der Waals surface area contributed by atoms with Gasteiger partial charge in [-0.2, -0.15) is 0 Å². The monoisotopic (exact) mass is 456 g/mol. The number of hydrogen-bond acceptors (Lipinski definition) is 6. The summed E-state index contributed by atoms with van der Waals surface area (Å²) in [4.78, 5) is 12.7. The number of benzene rings is 2. The van der Waals surface area contributed by atoms with E-state index in [0.29, 0.717) is 28.0 Å². The van der Waals surface area contributed by atoms with Gasteiger partial charge in [0.25, 0.3) is 0 Å². The number of nitrogens with zero attached hydrogens (tertiary/aromatic N) is 3. The second-order valence-electron chi connectivity index (χ2n) is 7.57. The van der Waals surface area contributed by atoms with E-state index in [2.05, 4.69) is 15.5 Å². The van der Waals surface area contributed by atoms with Gasteiger partial charge in [0, 0.05) is 11.6 Å². The molecule has 32 heavy (non-hydrogen) atoms. The van der Waals surface area contributed by atoms with E-state index < -0.39 is 0 Å². The van der Waals surface area contributed by atoms with Crippen molar-refractivity contribution in [3.05, 3.63) is 53.8 Å². The predicted octanol–water partition coefficient (Wildman–Crippen LogP) is 4.41. The molecule has 0 aliphatic heterocycles. The average Bonchev–Trinajstić information content (AvgIpc) is 3.56. The first-order valence-corrected chi connectivity index (χ1v) is 11.3. The Kier molecular flexibility index (Phi) is 6.64. The maximum Gasteiger partial charge on any atom is 0.230 e. The van der Waals surface area contributed by atoms with Crippen molar-refractivity contribution in [2.75, 3.05) is 20.0 Å². The van der Waals surface area contributed by atoms with Gasteiger partial charge in [0.15, 0.2) is 11.0 Å². The summed E-state index contributed by atoms with van der Waals surface area (Å²) in [6.07, 6.45) is 1.98. The molecule has 0 saturated heterocycles. The Bertz CT molecular complexity index is 1120. The Balaban J connectivity index is 1.46. The number of carbonyl (C=O) groups excluding carboxylic acids is 1. The predicted molar refractivity (Wildman–Crippen MR) is 121 cm³/mol. The van der Waals surface area contributed by atoms with Crippen molar-refractivity contribution in [2.45, 2.75) is 37.0 Å². The van der Waals surface area contributed by atoms with Crippen LogP contribution in [0.3, 0.4) is 0 Å². The molecule has 2 aromatic carbocycles. The molecule has 7 nitrogen and oxygen atoms in total. The first-order valence-electron chi connectivity index (χ1n) is 10.4. The van der Waals surface area contributed by atoms with Crippen LogP contribution < -0.4 is 14.8 Å². The molecule has 1 heterocycles. The van der Waals surface area contributed by atoms with Crippen LogP contribution in [0.5, 0.6) is 11.5 Å². The van der Waals surface area contributed by atoms with Gasteiger partial charge in [-0.15, -0.1) is 10.2 Å². The number of aromatic nitrogens is 3. The standard InChI is InChI=1S/C23H25FN4O3S/c1-14(18-12-16(30-2)10-11-20(18)31-3)25-21(29)13-32-23-27-26-22(28(23)15-8-9-15)17-6-4-5-7-19(17)24/h4-7,10-12,14-15H,8-9,13H2,1-3H3,(H,25,29). The van der Waals surface area contributed by atoms with Gasteiger partial charge in [-0.25, -0.2) is 4.39 Å². The molecule has 9 heteroatoms. The van der Waals surface area contributed by atoms with Gasteiger partial charge in [-0.05, 0) is 50.1 Å². The van der Waals surface area contributed by atoms with E-state index in [4.69, 9.17) is 9.47 Å². The van der Waals surface area contributed by atoms with Gasteiger partial charge >= 0.3 is 0 Å². The van der Waals surface area contributed by atoms with Gasteiger partial charge in [0.2, 0.25) is 5.91 Å². The summed E-state index contributed by atoms with van der Waals surface area (Å²) in [6, 6.07) is 12.0. The number of nitrogens with one attached hydrogen (secondary N) is 1. The first kappa shape index (κ1) is 22.1. The fourth-order valence-electron chi connectivity index (χ4n) is 3.53. The number of ether oxygens (including phenoxy) is 2. The number of hydrogen-bond donors (Lipinski definition) is 1. The molecule has 0 radical (unpaired) electrons. The summed E-state index contributed by atoms with van der Waals surface area (Å²) >= 11 is 1.30. The zero-order valence-corrected chi connectivity index (χ0v) is 19.0. The van der Waals surface area contributed by atoms with Gasteiger partial charge < -0.3 is 14.8 Å². The zero-order valence-electron chi connectivity index (χ0n) is 18.2. The number of methoxy groups -OCH3 is 2. The lowest BCUT2D eigenvalue weighted by atomic mass is 10.1. The van der Waals surface area contributed by atoms with E-state index in [1.165, 1.54) is 17.8 Å². The van der Waals surface area contributed by atoms with Crippen molar-refractivity contribution < 1.29 is 18.7 Å². The largest absolute Gasteiger partial charge is 0.497 e. The lowest BCUT2D eigenvalue weighted by Gasteiger charge is -2.18. The van der Waals surface area contributed by atoms with E-state index in [-0.39, 0.29) is 29.6 Å². The van der Waals surface area contributed by atoms with E-state index >= 15 is 0 Å². The number of halogens is 1. The second kappa shape index (κ2) is 9.60. The molecule has 1 aromatic heterocycles. The van der Waals surface area contributed by atoms with E-state index in [9.17, 15) is 9.18 Å². The van der Waals surface area contributed by atoms with E-state index in [1.54, 1.807) is 32.4 Å². The number of amides is 1. The number of rotatable bonds is 9. The van der Waals surface area contributed by atoms with Crippen LogP contribution in [0.1, 0.15) is 37.4 Å². The molecule has 1 amide bonds. The van der Waals surface area contributed by atoms with Crippen LogP contribution in [0.15, 0.2) is 47.6 Å². The lowest BCUT2D eigenvalue weighted by molar-refractivity contribution is -0.119. The average molecular weight is 457 g/mol. The molecule has 1 unspecified atom stereocenters.